The highest BCUT2D eigenvalue weighted by Crippen LogP contribution is 2.48. The van der Waals surface area contributed by atoms with Gasteiger partial charge in [0.25, 0.3) is 11.8 Å². The molecule has 10 nitrogen and oxygen atoms in total. The van der Waals surface area contributed by atoms with Gasteiger partial charge in [0.05, 0.1) is 16.3 Å². The summed E-state index contributed by atoms with van der Waals surface area (Å²) in [5, 5.41) is 2.76. The number of benzene rings is 3. The number of barbiturate groups is 1. The molecule has 2 heterocycles. The van der Waals surface area contributed by atoms with Gasteiger partial charge in [-0.05, 0) is 66.6 Å². The summed E-state index contributed by atoms with van der Waals surface area (Å²) in [5.41, 5.74) is 2.47. The number of amides is 5. The summed E-state index contributed by atoms with van der Waals surface area (Å²) in [6.07, 6.45) is 7.14. The largest absolute Gasteiger partial charge is 0.355 e. The Hall–Kier alpha value is -4.84. The first-order chi connectivity index (χ1) is 22.6. The van der Waals surface area contributed by atoms with E-state index in [0.29, 0.717) is 30.9 Å². The Morgan fingerprint density at radius 2 is 1.47 bits per heavy atom. The van der Waals surface area contributed by atoms with Crippen LogP contribution >= 0.6 is 11.6 Å². The third-order valence-corrected chi connectivity index (χ3v) is 8.87. The zero-order chi connectivity index (χ0) is 33.7. The van der Waals surface area contributed by atoms with Gasteiger partial charge in [0.15, 0.2) is 11.1 Å². The van der Waals surface area contributed by atoms with Crippen LogP contribution in [0.15, 0.2) is 119 Å². The summed E-state index contributed by atoms with van der Waals surface area (Å²) in [4.78, 5) is 56.7. The lowest BCUT2D eigenvalue weighted by molar-refractivity contribution is -0.121. The maximum absolute atomic E-state index is 13.6. The van der Waals surface area contributed by atoms with Crippen LogP contribution in [0.4, 0.5) is 21.9 Å². The zero-order valence-corrected chi connectivity index (χ0v) is 27.3. The lowest BCUT2D eigenvalue weighted by atomic mass is 9.83. The molecule has 2 aliphatic heterocycles. The summed E-state index contributed by atoms with van der Waals surface area (Å²) in [5.74, 6) is -1.87. The number of nitrogens with zero attached hydrogens (tertiary/aromatic N) is 3. The summed E-state index contributed by atoms with van der Waals surface area (Å²) in [6.45, 7) is 4.93. The van der Waals surface area contributed by atoms with Crippen molar-refractivity contribution in [2.75, 3.05) is 33.7 Å². The van der Waals surface area contributed by atoms with Crippen molar-refractivity contribution in [1.82, 2.24) is 5.32 Å². The zero-order valence-electron chi connectivity index (χ0n) is 25.8. The van der Waals surface area contributed by atoms with Crippen LogP contribution in [-0.2, 0) is 30.9 Å². The minimum absolute atomic E-state index is 0.127. The van der Waals surface area contributed by atoms with E-state index in [1.807, 2.05) is 19.9 Å². The maximum atomic E-state index is 13.6. The normalized spacial score (nSPS) is 17.4. The molecule has 0 spiro atoms. The van der Waals surface area contributed by atoms with Crippen LogP contribution in [0.25, 0.3) is 0 Å². The number of rotatable bonds is 10. The van der Waals surface area contributed by atoms with Crippen molar-refractivity contribution in [3.05, 3.63) is 120 Å². The number of hydrogen-bond donors (Lipinski definition) is 2. The molecule has 0 radical (unpaired) electrons. The number of halogens is 1. The molecule has 3 aromatic carbocycles. The summed E-state index contributed by atoms with van der Waals surface area (Å²) in [7, 11) is 0. The molecule has 5 rings (SSSR count). The van der Waals surface area contributed by atoms with E-state index in [4.69, 9.17) is 11.6 Å². The van der Waals surface area contributed by atoms with Gasteiger partial charge < -0.3 is 14.8 Å². The van der Waals surface area contributed by atoms with E-state index in [1.165, 1.54) is 6.08 Å². The predicted octanol–water partition coefficient (Wildman–Crippen LogP) is 5.68. The van der Waals surface area contributed by atoms with Crippen LogP contribution in [0.3, 0.4) is 0 Å². The van der Waals surface area contributed by atoms with Crippen molar-refractivity contribution in [1.29, 1.82) is 0 Å². The molecule has 1 saturated heterocycles. The van der Waals surface area contributed by atoms with E-state index in [0.717, 1.165) is 26.7 Å². The van der Waals surface area contributed by atoms with Crippen LogP contribution in [0.1, 0.15) is 25.8 Å². The van der Waals surface area contributed by atoms with Crippen LogP contribution < -0.4 is 20.0 Å². The van der Waals surface area contributed by atoms with Gasteiger partial charge in [-0.25, -0.2) is 18.8 Å². The number of fused-ring (bicyclic) bond motifs is 1. The smallest absolute Gasteiger partial charge is 0.343 e. The standard InChI is InChI=1S/C35H33ClN4O6S/c1-35(2)28-22-26(47(45)46)18-19-29(28)38(21-11-20-37-31(41)23-36)30(35)17-10-9-16-27-32(42)39(24-12-5-3-6-13-24)34(44)40(33(27)43)25-14-7-4-8-15-25/h3-10,12-19,22H,11,20-21,23H2,1-2H3,(H,37,41)(H,45,46)/b10-9+,30-17+. The molecule has 1 unspecified atom stereocenters. The number of carbonyl (C=O) groups is 4. The maximum Gasteiger partial charge on any atom is 0.343 e. The molecule has 12 heteroatoms. The van der Waals surface area contributed by atoms with Gasteiger partial charge in [0.1, 0.15) is 11.5 Å². The van der Waals surface area contributed by atoms with Crippen molar-refractivity contribution < 1.29 is 27.9 Å². The quantitative estimate of drug-likeness (QED) is 0.0933. The number of alkyl halides is 1. The molecule has 3 aromatic rings. The van der Waals surface area contributed by atoms with E-state index in [9.17, 15) is 27.9 Å². The second-order valence-electron chi connectivity index (χ2n) is 11.3. The van der Waals surface area contributed by atoms with Gasteiger partial charge >= 0.3 is 6.03 Å². The van der Waals surface area contributed by atoms with Crippen LogP contribution in [0, 0.1) is 0 Å². The van der Waals surface area contributed by atoms with Gasteiger partial charge in [-0.1, -0.05) is 62.4 Å². The molecule has 242 valence electrons. The molecular formula is C35H33ClN4O6S. The molecule has 0 aromatic heterocycles. The van der Waals surface area contributed by atoms with Gasteiger partial charge in [0, 0.05) is 29.9 Å². The van der Waals surface area contributed by atoms with Crippen LogP contribution in [0.5, 0.6) is 0 Å². The Labute approximate surface area is 280 Å². The monoisotopic (exact) mass is 672 g/mol. The fraction of sp³-hybridized carbons (Fsp3) is 0.200. The molecule has 1 fully saturated rings. The van der Waals surface area contributed by atoms with Crippen molar-refractivity contribution in [3.8, 4) is 0 Å². The molecular weight excluding hydrogens is 640 g/mol. The summed E-state index contributed by atoms with van der Waals surface area (Å²) < 4.78 is 21.6. The van der Waals surface area contributed by atoms with Gasteiger partial charge in [-0.15, -0.1) is 11.6 Å². The third kappa shape index (κ3) is 6.83. The Kier molecular flexibility index (Phi) is 10.2. The Morgan fingerprint density at radius 3 is 2.02 bits per heavy atom. The van der Waals surface area contributed by atoms with E-state index < -0.39 is 34.3 Å². The van der Waals surface area contributed by atoms with E-state index in [-0.39, 0.29) is 22.3 Å². The minimum atomic E-state index is -2.16. The van der Waals surface area contributed by atoms with E-state index >= 15 is 0 Å². The van der Waals surface area contributed by atoms with Crippen molar-refractivity contribution >= 4 is 63.5 Å². The van der Waals surface area contributed by atoms with Crippen LogP contribution in [-0.4, -0.2) is 51.5 Å². The molecule has 0 bridgehead atoms. The molecule has 2 aliphatic rings. The third-order valence-electron chi connectivity index (χ3n) is 7.97. The second-order valence-corrected chi connectivity index (χ2v) is 12.5. The molecule has 0 aliphatic carbocycles. The lowest BCUT2D eigenvalue weighted by Gasteiger charge is -2.33. The second kappa shape index (κ2) is 14.3. The number of urea groups is 1. The summed E-state index contributed by atoms with van der Waals surface area (Å²) >= 11 is 3.44. The minimum Gasteiger partial charge on any atom is -0.355 e. The molecule has 1 atom stereocenters. The fourth-order valence-electron chi connectivity index (χ4n) is 5.67. The number of nitrogens with one attached hydrogen (secondary N) is 1. The topological polar surface area (TPSA) is 127 Å². The average molecular weight is 673 g/mol. The highest BCUT2D eigenvalue weighted by atomic mass is 35.5. The summed E-state index contributed by atoms with van der Waals surface area (Å²) in [6, 6.07) is 21.2. The average Bonchev–Trinajstić information content (AvgIpc) is 3.28. The Balaban J connectivity index is 1.49. The van der Waals surface area contributed by atoms with Gasteiger partial charge in [-0.3, -0.25) is 14.4 Å². The van der Waals surface area contributed by atoms with Crippen molar-refractivity contribution in [3.63, 3.8) is 0 Å². The highest BCUT2D eigenvalue weighted by Gasteiger charge is 2.43. The number of para-hydroxylation sites is 2. The first-order valence-corrected chi connectivity index (χ1v) is 16.5. The molecule has 0 saturated carbocycles. The molecule has 5 amide bonds. The molecule has 2 N–H and O–H groups in total. The highest BCUT2D eigenvalue weighted by molar-refractivity contribution is 7.79. The SMILES string of the molecule is CC1(C)/C(=C\C=C\C=C2C(=O)N(c3ccccc3)C(=O)N(c3ccccc3)C2=O)N(CCCNC(=O)CCl)c2ccc(S(=O)O)cc21. The first kappa shape index (κ1) is 33.5. The number of hydrogen-bond acceptors (Lipinski definition) is 6. The van der Waals surface area contributed by atoms with E-state index in [2.05, 4.69) is 10.2 Å². The number of anilines is 3. The van der Waals surface area contributed by atoms with Crippen molar-refractivity contribution in [2.24, 2.45) is 0 Å². The van der Waals surface area contributed by atoms with Gasteiger partial charge in [0.2, 0.25) is 5.91 Å². The molecule has 47 heavy (non-hydrogen) atoms. The van der Waals surface area contributed by atoms with E-state index in [1.54, 1.807) is 91.0 Å². The van der Waals surface area contributed by atoms with Gasteiger partial charge in [-0.2, -0.15) is 0 Å². The predicted molar refractivity (Wildman–Crippen MR) is 183 cm³/mol. The number of carbonyl (C=O) groups excluding carboxylic acids is 4. The van der Waals surface area contributed by atoms with Crippen molar-refractivity contribution in [2.45, 2.75) is 30.6 Å². The van der Waals surface area contributed by atoms with Crippen LogP contribution in [0.2, 0.25) is 0 Å². The number of allylic oxidation sites excluding steroid dienone is 5. The fourth-order valence-corrected chi connectivity index (χ4v) is 6.17. The Bertz CT molecular complexity index is 1760. The first-order valence-electron chi connectivity index (χ1n) is 14.8. The number of imide groups is 2. The lowest BCUT2D eigenvalue weighted by Crippen LogP contribution is -2.57. The Morgan fingerprint density at radius 1 is 0.894 bits per heavy atom.